The van der Waals surface area contributed by atoms with Crippen molar-refractivity contribution in [2.24, 2.45) is 0 Å². The first-order valence-electron chi connectivity index (χ1n) is 3.67. The molecule has 2 unspecified atom stereocenters. The van der Waals surface area contributed by atoms with Gasteiger partial charge in [0.05, 0.1) is 5.38 Å². The van der Waals surface area contributed by atoms with E-state index in [0.717, 1.165) is 6.92 Å². The highest BCUT2D eigenvalue weighted by molar-refractivity contribution is 7.87. The van der Waals surface area contributed by atoms with E-state index in [1.807, 2.05) is 0 Å². The number of carboxylic acid groups (broad SMARTS) is 1. The van der Waals surface area contributed by atoms with Crippen LogP contribution in [0.3, 0.4) is 0 Å². The van der Waals surface area contributed by atoms with E-state index in [4.69, 9.17) is 32.9 Å². The van der Waals surface area contributed by atoms with Gasteiger partial charge in [-0.05, 0) is 6.92 Å². The van der Waals surface area contributed by atoms with Gasteiger partial charge in [-0.3, -0.25) is 4.55 Å². The molecule has 2 atom stereocenters. The maximum absolute atomic E-state index is 11.0. The largest absolute Gasteiger partial charge is 0.478 e. The van der Waals surface area contributed by atoms with Crippen LogP contribution in [-0.4, -0.2) is 40.1 Å². The van der Waals surface area contributed by atoms with Crippen LogP contribution in [0.15, 0.2) is 12.2 Å². The van der Waals surface area contributed by atoms with E-state index in [0.29, 0.717) is 0 Å². The molecule has 0 aromatic heterocycles. The minimum Gasteiger partial charge on any atom is -0.478 e. The fourth-order valence-corrected chi connectivity index (χ4v) is 2.44. The summed E-state index contributed by atoms with van der Waals surface area (Å²) < 4.78 is 28.9. The summed E-state index contributed by atoms with van der Waals surface area (Å²) in [5, 5.41) is 7.06. The Hall–Kier alpha value is -0.300. The van der Waals surface area contributed by atoms with E-state index in [1.165, 1.54) is 0 Å². The summed E-state index contributed by atoms with van der Waals surface area (Å²) in [5.74, 6) is -2.00. The summed E-state index contributed by atoms with van der Waals surface area (Å²) >= 11 is 11.0. The van der Waals surface area contributed by atoms with Crippen molar-refractivity contribution in [2.75, 3.05) is 5.88 Å². The Labute approximate surface area is 97.4 Å². The molecule has 0 saturated carbocycles. The second-order valence-corrected chi connectivity index (χ2v) is 5.70. The highest BCUT2D eigenvalue weighted by Gasteiger charge is 2.46. The van der Waals surface area contributed by atoms with Gasteiger partial charge in [-0.1, -0.05) is 6.58 Å². The molecule has 0 amide bonds. The average Bonchev–Trinajstić information content (AvgIpc) is 2.12. The normalized spacial score (nSPS) is 17.9. The maximum atomic E-state index is 11.0. The lowest BCUT2D eigenvalue weighted by molar-refractivity contribution is -0.132. The molecule has 0 fully saturated rings. The number of carboxylic acids is 1. The van der Waals surface area contributed by atoms with Crippen LogP contribution in [0.4, 0.5) is 0 Å². The maximum Gasteiger partial charge on any atom is 0.332 e. The molecule has 0 bridgehead atoms. The second kappa shape index (κ2) is 4.69. The van der Waals surface area contributed by atoms with Gasteiger partial charge in [-0.2, -0.15) is 8.42 Å². The topological polar surface area (TPSA) is 91.7 Å². The van der Waals surface area contributed by atoms with Crippen molar-refractivity contribution in [1.82, 2.24) is 0 Å². The van der Waals surface area contributed by atoms with Crippen molar-refractivity contribution in [2.45, 2.75) is 17.0 Å². The van der Waals surface area contributed by atoms with Gasteiger partial charge in [0.1, 0.15) is 4.75 Å². The first-order chi connectivity index (χ1) is 6.58. The Balaban J connectivity index is 5.34. The summed E-state index contributed by atoms with van der Waals surface area (Å²) in [5.41, 5.74) is -0.544. The minimum atomic E-state index is -4.58. The van der Waals surface area contributed by atoms with E-state index in [1.54, 1.807) is 0 Å². The Bertz CT molecular complexity index is 377. The van der Waals surface area contributed by atoms with Crippen LogP contribution in [0.1, 0.15) is 6.92 Å². The fraction of sp³-hybridized carbons (Fsp3) is 0.571. The van der Waals surface area contributed by atoms with Crippen molar-refractivity contribution >= 4 is 39.3 Å². The lowest BCUT2D eigenvalue weighted by atomic mass is 10.0. The quantitative estimate of drug-likeness (QED) is 0.446. The molecule has 0 aliphatic rings. The third-order valence-corrected chi connectivity index (χ3v) is 5.12. The zero-order valence-electron chi connectivity index (χ0n) is 7.77. The van der Waals surface area contributed by atoms with Gasteiger partial charge in [0, 0.05) is 11.5 Å². The molecule has 0 rings (SSSR count). The number of carbonyl (C=O) groups is 1. The highest BCUT2D eigenvalue weighted by atomic mass is 35.5. The van der Waals surface area contributed by atoms with E-state index in [-0.39, 0.29) is 0 Å². The summed E-state index contributed by atoms with van der Waals surface area (Å²) in [6.07, 6.45) is 0. The molecule has 0 saturated heterocycles. The highest BCUT2D eigenvalue weighted by Crippen LogP contribution is 2.31. The molecule has 2 N–H and O–H groups in total. The van der Waals surface area contributed by atoms with Gasteiger partial charge in [0.25, 0.3) is 10.1 Å². The lowest BCUT2D eigenvalue weighted by Gasteiger charge is -2.28. The molecule has 5 nitrogen and oxygen atoms in total. The Morgan fingerprint density at radius 2 is 2.00 bits per heavy atom. The lowest BCUT2D eigenvalue weighted by Crippen LogP contribution is -2.47. The third-order valence-electron chi connectivity index (χ3n) is 1.97. The first-order valence-corrected chi connectivity index (χ1v) is 6.08. The summed E-state index contributed by atoms with van der Waals surface area (Å²) in [6, 6.07) is 0. The molecule has 8 heteroatoms. The monoisotopic (exact) mass is 276 g/mol. The fourth-order valence-electron chi connectivity index (χ4n) is 0.744. The van der Waals surface area contributed by atoms with Crippen LogP contribution in [0.5, 0.6) is 0 Å². The van der Waals surface area contributed by atoms with Gasteiger partial charge >= 0.3 is 5.97 Å². The SMILES string of the molecule is C=C(C(=O)O)C(Cl)C(C)(CCl)S(=O)(=O)O. The predicted octanol–water partition coefficient (Wildman–Crippen LogP) is 1.12. The molecular weight excluding hydrogens is 267 g/mol. The van der Waals surface area contributed by atoms with Crippen LogP contribution >= 0.6 is 23.2 Å². The number of hydrogen-bond acceptors (Lipinski definition) is 3. The number of rotatable bonds is 5. The van der Waals surface area contributed by atoms with E-state index < -0.39 is 37.7 Å². The number of halogens is 2. The Morgan fingerprint density at radius 1 is 1.60 bits per heavy atom. The smallest absolute Gasteiger partial charge is 0.332 e. The van der Waals surface area contributed by atoms with Gasteiger partial charge in [-0.15, -0.1) is 23.2 Å². The molecule has 15 heavy (non-hydrogen) atoms. The van der Waals surface area contributed by atoms with E-state index in [2.05, 4.69) is 6.58 Å². The molecule has 0 aromatic carbocycles. The van der Waals surface area contributed by atoms with Crippen molar-refractivity contribution in [3.63, 3.8) is 0 Å². The van der Waals surface area contributed by atoms with E-state index >= 15 is 0 Å². The molecule has 0 aliphatic carbocycles. The molecule has 0 heterocycles. The van der Waals surface area contributed by atoms with Gasteiger partial charge in [0.15, 0.2) is 0 Å². The second-order valence-electron chi connectivity index (χ2n) is 3.11. The zero-order chi connectivity index (χ0) is 12.4. The summed E-state index contributed by atoms with van der Waals surface area (Å²) in [6.45, 7) is 4.16. The van der Waals surface area contributed by atoms with Crippen LogP contribution in [0.25, 0.3) is 0 Å². The molecule has 88 valence electrons. The van der Waals surface area contributed by atoms with Crippen LogP contribution in [-0.2, 0) is 14.9 Å². The molecule has 0 spiro atoms. The van der Waals surface area contributed by atoms with Crippen molar-refractivity contribution in [1.29, 1.82) is 0 Å². The average molecular weight is 277 g/mol. The Kier molecular flexibility index (Phi) is 4.60. The number of aliphatic carboxylic acids is 1. The van der Waals surface area contributed by atoms with Gasteiger partial charge < -0.3 is 5.11 Å². The van der Waals surface area contributed by atoms with E-state index in [9.17, 15) is 13.2 Å². The molecular formula is C7H10Cl2O5S. The zero-order valence-corrected chi connectivity index (χ0v) is 10.1. The van der Waals surface area contributed by atoms with Crippen molar-refractivity contribution in [3.8, 4) is 0 Å². The van der Waals surface area contributed by atoms with Gasteiger partial charge in [-0.25, -0.2) is 4.79 Å². The standard InChI is InChI=1S/C7H10Cl2O5S/c1-4(6(10)11)5(9)7(2,3-8)15(12,13)14/h5H,1,3H2,2H3,(H,10,11)(H,12,13,14). The third kappa shape index (κ3) is 2.84. The minimum absolute atomic E-state index is 0.544. The van der Waals surface area contributed by atoms with Crippen LogP contribution in [0, 0.1) is 0 Å². The number of hydrogen-bond donors (Lipinski definition) is 2. The Morgan fingerprint density at radius 3 is 2.20 bits per heavy atom. The van der Waals surface area contributed by atoms with Crippen molar-refractivity contribution in [3.05, 3.63) is 12.2 Å². The summed E-state index contributed by atoms with van der Waals surface area (Å²) in [4.78, 5) is 10.5. The van der Waals surface area contributed by atoms with Crippen molar-refractivity contribution < 1.29 is 22.9 Å². The van der Waals surface area contributed by atoms with Crippen LogP contribution < -0.4 is 0 Å². The molecule has 0 aliphatic heterocycles. The van der Waals surface area contributed by atoms with Gasteiger partial charge in [0.2, 0.25) is 0 Å². The molecule has 0 radical (unpaired) electrons. The molecule has 0 aromatic rings. The summed E-state index contributed by atoms with van der Waals surface area (Å²) in [7, 11) is -4.58. The predicted molar refractivity (Wildman–Crippen MR) is 57.1 cm³/mol. The van der Waals surface area contributed by atoms with Crippen LogP contribution in [0.2, 0.25) is 0 Å². The first kappa shape index (κ1) is 14.7. The number of alkyl halides is 2.